The number of carbonyl (C=O) groups excluding carboxylic acids is 1. The number of nitrogens with zero attached hydrogens (tertiary/aromatic N) is 3. The molecule has 1 atom stereocenters. The number of halogens is 2. The Morgan fingerprint density at radius 3 is 2.70 bits per heavy atom. The van der Waals surface area contributed by atoms with Crippen molar-refractivity contribution in [3.63, 3.8) is 0 Å². The molecule has 1 unspecified atom stereocenters. The molecule has 1 fully saturated rings. The highest BCUT2D eigenvalue weighted by Gasteiger charge is 2.34. The second-order valence-corrected chi connectivity index (χ2v) is 8.53. The predicted molar refractivity (Wildman–Crippen MR) is 112 cm³/mol. The van der Waals surface area contributed by atoms with Crippen LogP contribution in [0.15, 0.2) is 40.8 Å². The number of anilines is 1. The number of carbonyl (C=O) groups is 1. The van der Waals surface area contributed by atoms with Crippen molar-refractivity contribution < 1.29 is 4.79 Å². The molecule has 0 spiro atoms. The summed E-state index contributed by atoms with van der Waals surface area (Å²) in [4.78, 5) is 13.9. The smallest absolute Gasteiger partial charge is 0.281 e. The summed E-state index contributed by atoms with van der Waals surface area (Å²) >= 11 is 14.1. The van der Waals surface area contributed by atoms with Crippen LogP contribution in [-0.4, -0.2) is 29.7 Å². The quantitative estimate of drug-likeness (QED) is 0.763. The van der Waals surface area contributed by atoms with Gasteiger partial charge in [-0.1, -0.05) is 35.7 Å². The first-order valence-corrected chi connectivity index (χ1v) is 10.7. The lowest BCUT2D eigenvalue weighted by atomic mass is 10.1. The van der Waals surface area contributed by atoms with E-state index in [0.29, 0.717) is 22.2 Å². The predicted octanol–water partition coefficient (Wildman–Crippen LogP) is 4.88. The van der Waals surface area contributed by atoms with Crippen molar-refractivity contribution in [3.05, 3.63) is 50.6 Å². The van der Waals surface area contributed by atoms with Gasteiger partial charge in [-0.2, -0.15) is 5.10 Å². The van der Waals surface area contributed by atoms with Gasteiger partial charge in [0.05, 0.1) is 16.8 Å². The number of hydrazine groups is 1. The molecule has 2 aliphatic rings. The van der Waals surface area contributed by atoms with Gasteiger partial charge in [-0.15, -0.1) is 11.3 Å². The van der Waals surface area contributed by atoms with E-state index in [1.165, 1.54) is 6.42 Å². The van der Waals surface area contributed by atoms with Crippen LogP contribution >= 0.6 is 34.5 Å². The molecule has 0 aliphatic carbocycles. The van der Waals surface area contributed by atoms with Crippen molar-refractivity contribution >= 4 is 51.8 Å². The summed E-state index contributed by atoms with van der Waals surface area (Å²) in [7, 11) is 0. The highest BCUT2D eigenvalue weighted by molar-refractivity contribution is 7.10. The van der Waals surface area contributed by atoms with Crippen molar-refractivity contribution in [1.29, 1.82) is 0 Å². The molecule has 27 heavy (non-hydrogen) atoms. The van der Waals surface area contributed by atoms with E-state index in [1.807, 2.05) is 27.5 Å². The topological polar surface area (TPSA) is 47.9 Å². The Kier molecular flexibility index (Phi) is 5.68. The van der Waals surface area contributed by atoms with Gasteiger partial charge in [-0.05, 0) is 42.5 Å². The molecule has 2 aromatic rings. The van der Waals surface area contributed by atoms with E-state index in [4.69, 9.17) is 23.2 Å². The number of piperidine rings is 1. The summed E-state index contributed by atoms with van der Waals surface area (Å²) in [5.41, 5.74) is 4.28. The third kappa shape index (κ3) is 4.14. The highest BCUT2D eigenvalue weighted by atomic mass is 35.5. The zero-order chi connectivity index (χ0) is 18.8. The van der Waals surface area contributed by atoms with E-state index in [0.717, 1.165) is 36.5 Å². The van der Waals surface area contributed by atoms with Crippen LogP contribution in [0.5, 0.6) is 0 Å². The summed E-state index contributed by atoms with van der Waals surface area (Å²) in [5.74, 6) is -0.133. The van der Waals surface area contributed by atoms with Crippen LogP contribution in [0.1, 0.15) is 36.6 Å². The third-order valence-corrected chi connectivity index (χ3v) is 6.33. The first kappa shape index (κ1) is 18.7. The Morgan fingerprint density at radius 1 is 1.19 bits per heavy atom. The fourth-order valence-corrected chi connectivity index (χ4v) is 4.76. The van der Waals surface area contributed by atoms with Gasteiger partial charge in [-0.3, -0.25) is 15.2 Å². The normalized spacial score (nSPS) is 20.6. The van der Waals surface area contributed by atoms with Crippen LogP contribution < -0.4 is 10.4 Å². The van der Waals surface area contributed by atoms with Crippen LogP contribution in [0.3, 0.4) is 0 Å². The molecule has 0 bridgehead atoms. The molecular formula is C19H20Cl2N4OS. The molecule has 1 amide bonds. The molecule has 1 N–H and O–H groups in total. The molecule has 142 valence electrons. The first-order chi connectivity index (χ1) is 13.1. The van der Waals surface area contributed by atoms with Crippen LogP contribution in [0.2, 0.25) is 10.0 Å². The molecule has 2 aliphatic heterocycles. The van der Waals surface area contributed by atoms with Gasteiger partial charge in [0.1, 0.15) is 5.71 Å². The summed E-state index contributed by atoms with van der Waals surface area (Å²) < 4.78 is 0. The third-order valence-electron chi connectivity index (χ3n) is 4.82. The lowest BCUT2D eigenvalue weighted by Gasteiger charge is -2.26. The molecule has 0 radical (unpaired) electrons. The van der Waals surface area contributed by atoms with Crippen molar-refractivity contribution in [2.24, 2.45) is 5.10 Å². The minimum Gasteiger partial charge on any atom is -0.284 e. The fourth-order valence-electron chi connectivity index (χ4n) is 3.45. The number of hydrogen-bond acceptors (Lipinski definition) is 5. The SMILES string of the molecule is O=C(NN1CCCCC1)C1=NN(c2ccc(Cl)cc2Cl)C(c2cccs2)C1. The second kappa shape index (κ2) is 8.19. The molecule has 4 rings (SSSR count). The largest absolute Gasteiger partial charge is 0.284 e. The van der Waals surface area contributed by atoms with E-state index < -0.39 is 0 Å². The summed E-state index contributed by atoms with van der Waals surface area (Å²) in [6.45, 7) is 1.78. The van der Waals surface area contributed by atoms with Crippen molar-refractivity contribution in [3.8, 4) is 0 Å². The van der Waals surface area contributed by atoms with Gasteiger partial charge >= 0.3 is 0 Å². The average molecular weight is 423 g/mol. The molecule has 1 saturated heterocycles. The maximum absolute atomic E-state index is 12.8. The Balaban J connectivity index is 1.60. The standard InChI is InChI=1S/C19H20Cl2N4OS/c20-13-6-7-16(14(21)11-13)25-17(18-5-4-10-27-18)12-15(22-25)19(26)23-24-8-2-1-3-9-24/h4-7,10-11,17H,1-3,8-9,12H2,(H,23,26). The van der Waals surface area contributed by atoms with Crippen molar-refractivity contribution in [2.45, 2.75) is 31.7 Å². The van der Waals surface area contributed by atoms with Crippen LogP contribution in [0.4, 0.5) is 5.69 Å². The van der Waals surface area contributed by atoms with Gasteiger partial charge in [0, 0.05) is 29.4 Å². The van der Waals surface area contributed by atoms with Gasteiger partial charge in [0.15, 0.2) is 0 Å². The Hall–Kier alpha value is -1.60. The summed E-state index contributed by atoms with van der Waals surface area (Å²) in [6, 6.07) is 9.35. The maximum atomic E-state index is 12.8. The number of hydrogen-bond donors (Lipinski definition) is 1. The van der Waals surface area contributed by atoms with Gasteiger partial charge in [0.25, 0.3) is 5.91 Å². The Labute approximate surface area is 172 Å². The number of hydrazone groups is 1. The number of amides is 1. The lowest BCUT2D eigenvalue weighted by molar-refractivity contribution is -0.119. The lowest BCUT2D eigenvalue weighted by Crippen LogP contribution is -2.47. The van der Waals surface area contributed by atoms with Crippen LogP contribution in [0, 0.1) is 0 Å². The minimum atomic E-state index is -0.133. The van der Waals surface area contributed by atoms with Gasteiger partial charge < -0.3 is 0 Å². The second-order valence-electron chi connectivity index (χ2n) is 6.71. The van der Waals surface area contributed by atoms with Crippen molar-refractivity contribution in [1.82, 2.24) is 10.4 Å². The monoisotopic (exact) mass is 422 g/mol. The maximum Gasteiger partial charge on any atom is 0.281 e. The zero-order valence-corrected chi connectivity index (χ0v) is 17.0. The fraction of sp³-hybridized carbons (Fsp3) is 0.368. The van der Waals surface area contributed by atoms with Gasteiger partial charge in [-0.25, -0.2) is 5.01 Å². The number of nitrogens with one attached hydrogen (secondary N) is 1. The molecule has 1 aromatic heterocycles. The highest BCUT2D eigenvalue weighted by Crippen LogP contribution is 2.40. The van der Waals surface area contributed by atoms with E-state index >= 15 is 0 Å². The van der Waals surface area contributed by atoms with Crippen LogP contribution in [0.25, 0.3) is 0 Å². The van der Waals surface area contributed by atoms with E-state index in [-0.39, 0.29) is 11.9 Å². The first-order valence-electron chi connectivity index (χ1n) is 9.03. The number of rotatable bonds is 4. The van der Waals surface area contributed by atoms with Crippen molar-refractivity contribution in [2.75, 3.05) is 18.1 Å². The number of benzene rings is 1. The molecule has 8 heteroatoms. The summed E-state index contributed by atoms with van der Waals surface area (Å²) in [6.07, 6.45) is 3.98. The molecule has 5 nitrogen and oxygen atoms in total. The van der Waals surface area contributed by atoms with Crippen LogP contribution in [-0.2, 0) is 4.79 Å². The van der Waals surface area contributed by atoms with E-state index in [1.54, 1.807) is 23.5 Å². The Morgan fingerprint density at radius 2 is 2.00 bits per heavy atom. The number of thiophene rings is 1. The molecule has 3 heterocycles. The van der Waals surface area contributed by atoms with Gasteiger partial charge in [0.2, 0.25) is 0 Å². The van der Waals surface area contributed by atoms with E-state index in [9.17, 15) is 4.79 Å². The average Bonchev–Trinajstić information content (AvgIpc) is 3.32. The molecule has 1 aromatic carbocycles. The molecule has 0 saturated carbocycles. The zero-order valence-electron chi connectivity index (χ0n) is 14.7. The minimum absolute atomic E-state index is 0.0502. The summed E-state index contributed by atoms with van der Waals surface area (Å²) in [5, 5.41) is 11.6. The van der Waals surface area contributed by atoms with E-state index in [2.05, 4.69) is 16.6 Å². The Bertz CT molecular complexity index is 849. The molecular weight excluding hydrogens is 403 g/mol.